The molecular formula is C17H19N5O. The van der Waals surface area contributed by atoms with Gasteiger partial charge in [0, 0.05) is 5.56 Å². The monoisotopic (exact) mass is 309 g/mol. The van der Waals surface area contributed by atoms with Crippen molar-refractivity contribution in [3.8, 4) is 11.8 Å². The number of nitrogens with zero attached hydrogens (tertiary/aromatic N) is 2. The third-order valence-corrected chi connectivity index (χ3v) is 4.12. The van der Waals surface area contributed by atoms with Crippen molar-refractivity contribution in [2.75, 3.05) is 17.9 Å². The molecule has 0 bridgehead atoms. The van der Waals surface area contributed by atoms with E-state index in [0.717, 1.165) is 42.5 Å². The molecule has 6 heteroatoms. The molecule has 0 amide bonds. The van der Waals surface area contributed by atoms with Crippen LogP contribution in [0.2, 0.25) is 0 Å². The normalized spacial score (nSPS) is 12.9. The highest BCUT2D eigenvalue weighted by molar-refractivity contribution is 5.72. The topological polar surface area (TPSA) is 96.0 Å². The van der Waals surface area contributed by atoms with Crippen LogP contribution >= 0.6 is 0 Å². The fourth-order valence-corrected chi connectivity index (χ4v) is 3.03. The van der Waals surface area contributed by atoms with Gasteiger partial charge in [0.1, 0.15) is 17.6 Å². The summed E-state index contributed by atoms with van der Waals surface area (Å²) in [7, 11) is 1.61. The van der Waals surface area contributed by atoms with E-state index < -0.39 is 0 Å². The summed E-state index contributed by atoms with van der Waals surface area (Å²) in [5.74, 6) is 7.47. The van der Waals surface area contributed by atoms with Crippen LogP contribution in [0.15, 0.2) is 24.3 Å². The minimum Gasteiger partial charge on any atom is -0.495 e. The molecule has 4 N–H and O–H groups in total. The molecule has 0 saturated carbocycles. The molecule has 0 unspecified atom stereocenters. The van der Waals surface area contributed by atoms with Crippen LogP contribution in [0.5, 0.6) is 5.75 Å². The second-order valence-corrected chi connectivity index (χ2v) is 5.43. The van der Waals surface area contributed by atoms with Gasteiger partial charge in [0.25, 0.3) is 0 Å². The molecule has 1 aliphatic carbocycles. The first-order valence-corrected chi connectivity index (χ1v) is 7.61. The minimum atomic E-state index is 0.505. The Hall–Kier alpha value is -2.78. The highest BCUT2D eigenvalue weighted by Crippen LogP contribution is 2.35. The number of methoxy groups -OCH3 is 1. The number of benzene rings is 1. The van der Waals surface area contributed by atoms with E-state index in [2.05, 4.69) is 21.8 Å². The van der Waals surface area contributed by atoms with Crippen LogP contribution in [0.3, 0.4) is 0 Å². The van der Waals surface area contributed by atoms with Crippen molar-refractivity contribution in [2.45, 2.75) is 25.7 Å². The van der Waals surface area contributed by atoms with Crippen molar-refractivity contribution >= 4 is 17.3 Å². The maximum atomic E-state index is 9.63. The Bertz CT molecular complexity index is 766. The molecular weight excluding hydrogens is 290 g/mol. The first kappa shape index (κ1) is 15.1. The van der Waals surface area contributed by atoms with Gasteiger partial charge in [-0.3, -0.25) is 0 Å². The van der Waals surface area contributed by atoms with Crippen LogP contribution in [0.1, 0.15) is 29.5 Å². The van der Waals surface area contributed by atoms with Gasteiger partial charge in [0.05, 0.1) is 18.4 Å². The number of hydrogen-bond donors (Lipinski definition) is 3. The number of fused-ring (bicyclic) bond motifs is 1. The number of rotatable bonds is 4. The van der Waals surface area contributed by atoms with Crippen molar-refractivity contribution in [3.63, 3.8) is 0 Å². The predicted molar refractivity (Wildman–Crippen MR) is 89.7 cm³/mol. The van der Waals surface area contributed by atoms with Gasteiger partial charge in [-0.25, -0.2) is 10.8 Å². The van der Waals surface area contributed by atoms with Crippen LogP contribution in [0.25, 0.3) is 0 Å². The number of ether oxygens (including phenoxy) is 1. The number of aromatic nitrogens is 1. The zero-order valence-electron chi connectivity index (χ0n) is 13.0. The number of hydrazine groups is 1. The Morgan fingerprint density at radius 1 is 1.17 bits per heavy atom. The molecule has 2 aromatic rings. The summed E-state index contributed by atoms with van der Waals surface area (Å²) in [4.78, 5) is 4.52. The molecule has 0 spiro atoms. The van der Waals surface area contributed by atoms with Crippen molar-refractivity contribution in [3.05, 3.63) is 41.0 Å². The van der Waals surface area contributed by atoms with Crippen molar-refractivity contribution in [2.24, 2.45) is 5.84 Å². The Morgan fingerprint density at radius 3 is 2.61 bits per heavy atom. The fourth-order valence-electron chi connectivity index (χ4n) is 3.03. The second-order valence-electron chi connectivity index (χ2n) is 5.43. The Morgan fingerprint density at radius 2 is 1.91 bits per heavy atom. The average Bonchev–Trinajstić information content (AvgIpc) is 2.61. The van der Waals surface area contributed by atoms with E-state index in [1.54, 1.807) is 7.11 Å². The standard InChI is InChI=1S/C17H19N5O/c1-23-15-9-5-4-8-14(15)20-16-13(10-18)11-6-2-3-7-12(11)17(21-16)22-19/h4-5,8-9H,2-3,6-7,19H2,1H3,(H2,20,21,22). The SMILES string of the molecule is COc1ccccc1Nc1nc(NN)c2c(c1C#N)CCCC2. The minimum absolute atomic E-state index is 0.505. The van der Waals surface area contributed by atoms with Crippen molar-refractivity contribution in [1.82, 2.24) is 4.98 Å². The molecule has 6 nitrogen and oxygen atoms in total. The molecule has 118 valence electrons. The van der Waals surface area contributed by atoms with Crippen LogP contribution in [0, 0.1) is 11.3 Å². The molecule has 1 aromatic carbocycles. The average molecular weight is 309 g/mol. The number of pyridine rings is 1. The zero-order valence-corrected chi connectivity index (χ0v) is 13.0. The van der Waals surface area contributed by atoms with E-state index in [1.165, 1.54) is 0 Å². The number of anilines is 3. The molecule has 1 aromatic heterocycles. The summed E-state index contributed by atoms with van der Waals surface area (Å²) in [5.41, 5.74) is 6.12. The van der Waals surface area contributed by atoms with Gasteiger partial charge >= 0.3 is 0 Å². The van der Waals surface area contributed by atoms with Gasteiger partial charge in [-0.1, -0.05) is 12.1 Å². The van der Waals surface area contributed by atoms with E-state index in [1.807, 2.05) is 24.3 Å². The molecule has 23 heavy (non-hydrogen) atoms. The Kier molecular flexibility index (Phi) is 4.31. The zero-order chi connectivity index (χ0) is 16.2. The lowest BCUT2D eigenvalue weighted by molar-refractivity contribution is 0.417. The van der Waals surface area contributed by atoms with E-state index >= 15 is 0 Å². The maximum Gasteiger partial charge on any atom is 0.151 e. The second kappa shape index (κ2) is 6.55. The Labute approximate surface area is 135 Å². The van der Waals surface area contributed by atoms with Crippen LogP contribution in [-0.2, 0) is 12.8 Å². The third-order valence-electron chi connectivity index (χ3n) is 4.12. The first-order chi connectivity index (χ1) is 11.3. The molecule has 0 saturated heterocycles. The number of para-hydroxylation sites is 2. The highest BCUT2D eigenvalue weighted by Gasteiger charge is 2.22. The summed E-state index contributed by atoms with van der Waals surface area (Å²) >= 11 is 0. The van der Waals surface area contributed by atoms with Gasteiger partial charge in [0.2, 0.25) is 0 Å². The van der Waals surface area contributed by atoms with E-state index in [-0.39, 0.29) is 0 Å². The van der Waals surface area contributed by atoms with E-state index in [9.17, 15) is 5.26 Å². The quantitative estimate of drug-likeness (QED) is 0.593. The smallest absolute Gasteiger partial charge is 0.151 e. The molecule has 0 aliphatic heterocycles. The molecule has 0 atom stereocenters. The first-order valence-electron chi connectivity index (χ1n) is 7.61. The lowest BCUT2D eigenvalue weighted by atomic mass is 9.89. The number of nitrogens with two attached hydrogens (primary N) is 1. The number of hydrogen-bond acceptors (Lipinski definition) is 6. The summed E-state index contributed by atoms with van der Waals surface area (Å²) in [6.07, 6.45) is 3.93. The van der Waals surface area contributed by atoms with Crippen LogP contribution in [0.4, 0.5) is 17.3 Å². The lowest BCUT2D eigenvalue weighted by Gasteiger charge is -2.22. The van der Waals surface area contributed by atoms with Crippen LogP contribution < -0.4 is 21.3 Å². The van der Waals surface area contributed by atoms with Gasteiger partial charge in [0.15, 0.2) is 5.82 Å². The van der Waals surface area contributed by atoms with Gasteiger partial charge in [-0.15, -0.1) is 0 Å². The van der Waals surface area contributed by atoms with E-state index in [0.29, 0.717) is 22.9 Å². The number of nitrogen functional groups attached to an aromatic ring is 1. The van der Waals surface area contributed by atoms with Gasteiger partial charge in [-0.05, 0) is 43.4 Å². The molecule has 3 rings (SSSR count). The largest absolute Gasteiger partial charge is 0.495 e. The van der Waals surface area contributed by atoms with Gasteiger partial charge in [-0.2, -0.15) is 5.26 Å². The van der Waals surface area contributed by atoms with Gasteiger partial charge < -0.3 is 15.5 Å². The molecule has 0 radical (unpaired) electrons. The van der Waals surface area contributed by atoms with Crippen LogP contribution in [-0.4, -0.2) is 12.1 Å². The summed E-state index contributed by atoms with van der Waals surface area (Å²) in [6, 6.07) is 9.83. The maximum absolute atomic E-state index is 9.63. The molecule has 1 heterocycles. The fraction of sp³-hybridized carbons (Fsp3) is 0.294. The molecule has 0 fully saturated rings. The summed E-state index contributed by atoms with van der Waals surface area (Å²) < 4.78 is 5.35. The summed E-state index contributed by atoms with van der Waals surface area (Å²) in [5, 5.41) is 12.8. The van der Waals surface area contributed by atoms with E-state index in [4.69, 9.17) is 10.6 Å². The van der Waals surface area contributed by atoms with Crippen molar-refractivity contribution in [1.29, 1.82) is 5.26 Å². The predicted octanol–water partition coefficient (Wildman–Crippen LogP) is 2.87. The third kappa shape index (κ3) is 2.79. The van der Waals surface area contributed by atoms with Crippen molar-refractivity contribution < 1.29 is 4.74 Å². The number of nitrogens with one attached hydrogen (secondary N) is 2. The highest BCUT2D eigenvalue weighted by atomic mass is 16.5. The molecule has 1 aliphatic rings. The Balaban J connectivity index is 2.10. The lowest BCUT2D eigenvalue weighted by Crippen LogP contribution is -2.17. The number of nitriles is 1. The summed E-state index contributed by atoms with van der Waals surface area (Å²) in [6.45, 7) is 0.